The highest BCUT2D eigenvalue weighted by Crippen LogP contribution is 2.41. The van der Waals surface area contributed by atoms with Crippen molar-refractivity contribution in [2.24, 2.45) is 0 Å². The Morgan fingerprint density at radius 3 is 2.47 bits per heavy atom. The molecule has 0 radical (unpaired) electrons. The number of nitrogens with zero attached hydrogens (tertiary/aromatic N) is 1. The average molecular weight is 528 g/mol. The minimum absolute atomic E-state index is 0.389. The third kappa shape index (κ3) is 3.51. The number of benzene rings is 4. The van der Waals surface area contributed by atoms with Crippen molar-refractivity contribution in [3.8, 4) is 5.69 Å². The molecule has 174 valence electrons. The van der Waals surface area contributed by atoms with Crippen LogP contribution in [0.4, 0.5) is 0 Å². The van der Waals surface area contributed by atoms with Gasteiger partial charge >= 0.3 is 0 Å². The molecule has 0 amide bonds. The summed E-state index contributed by atoms with van der Waals surface area (Å²) in [6.07, 6.45) is 14.7. The Bertz CT molecular complexity index is 1720. The summed E-state index contributed by atoms with van der Waals surface area (Å²) in [5.74, 6) is 0.389. The van der Waals surface area contributed by atoms with E-state index in [4.69, 9.17) is 0 Å². The molecule has 0 fully saturated rings. The largest absolute Gasteiger partial charge is 0.309 e. The predicted octanol–water partition coefficient (Wildman–Crippen LogP) is 9.63. The van der Waals surface area contributed by atoms with E-state index in [2.05, 4.69) is 136 Å². The SMILES string of the molecule is Brc1ccc(-n2c3c(c4cc(C5=CC=CCC5)ccc42)CC(c2ccccc2)C=C3)c2ccccc12. The van der Waals surface area contributed by atoms with Crippen LogP contribution in [0.25, 0.3) is 39.0 Å². The fourth-order valence-corrected chi connectivity index (χ4v) is 6.41. The van der Waals surface area contributed by atoms with Gasteiger partial charge in [0.2, 0.25) is 0 Å². The van der Waals surface area contributed by atoms with Crippen molar-refractivity contribution in [1.82, 2.24) is 4.57 Å². The molecule has 0 saturated carbocycles. The molecular formula is C34H26BrN. The highest BCUT2D eigenvalue weighted by molar-refractivity contribution is 9.10. The minimum atomic E-state index is 0.389. The summed E-state index contributed by atoms with van der Waals surface area (Å²) in [5.41, 5.74) is 9.42. The Hall–Kier alpha value is -3.62. The van der Waals surface area contributed by atoms with Crippen molar-refractivity contribution in [1.29, 1.82) is 0 Å². The maximum Gasteiger partial charge on any atom is 0.0541 e. The number of fused-ring (bicyclic) bond motifs is 4. The smallest absolute Gasteiger partial charge is 0.0541 e. The zero-order valence-corrected chi connectivity index (χ0v) is 21.6. The number of halogens is 1. The van der Waals surface area contributed by atoms with Crippen molar-refractivity contribution < 1.29 is 0 Å². The van der Waals surface area contributed by atoms with Gasteiger partial charge in [0.05, 0.1) is 11.2 Å². The molecule has 1 nitrogen and oxygen atoms in total. The highest BCUT2D eigenvalue weighted by atomic mass is 79.9. The second-order valence-electron chi connectivity index (χ2n) is 9.78. The van der Waals surface area contributed by atoms with Gasteiger partial charge in [-0.05, 0) is 77.3 Å². The maximum atomic E-state index is 3.77. The lowest BCUT2D eigenvalue weighted by Crippen LogP contribution is -2.07. The Kier molecular flexibility index (Phi) is 5.29. The van der Waals surface area contributed by atoms with Gasteiger partial charge in [-0.2, -0.15) is 0 Å². The van der Waals surface area contributed by atoms with Crippen molar-refractivity contribution in [3.05, 3.63) is 136 Å². The number of allylic oxidation sites excluding steroid dienone is 5. The highest BCUT2D eigenvalue weighted by Gasteiger charge is 2.25. The van der Waals surface area contributed by atoms with Gasteiger partial charge in [0.1, 0.15) is 0 Å². The van der Waals surface area contributed by atoms with E-state index in [1.165, 1.54) is 55.3 Å². The van der Waals surface area contributed by atoms with Gasteiger partial charge in [0.25, 0.3) is 0 Å². The minimum Gasteiger partial charge on any atom is -0.309 e. The number of rotatable bonds is 3. The quantitative estimate of drug-likeness (QED) is 0.220. The molecule has 1 unspecified atom stereocenters. The van der Waals surface area contributed by atoms with E-state index in [9.17, 15) is 0 Å². The summed E-state index contributed by atoms with van der Waals surface area (Å²) in [4.78, 5) is 0. The van der Waals surface area contributed by atoms with Crippen molar-refractivity contribution in [3.63, 3.8) is 0 Å². The Labute approximate surface area is 220 Å². The third-order valence-corrected chi connectivity index (χ3v) is 8.42. The molecule has 36 heavy (non-hydrogen) atoms. The van der Waals surface area contributed by atoms with Gasteiger partial charge in [-0.25, -0.2) is 0 Å². The van der Waals surface area contributed by atoms with E-state index in [-0.39, 0.29) is 0 Å². The van der Waals surface area contributed by atoms with Crippen molar-refractivity contribution >= 4 is 49.3 Å². The van der Waals surface area contributed by atoms with Gasteiger partial charge in [-0.1, -0.05) is 101 Å². The van der Waals surface area contributed by atoms with Crippen LogP contribution in [0, 0.1) is 0 Å². The molecule has 2 heteroatoms. The van der Waals surface area contributed by atoms with E-state index in [1.807, 2.05) is 0 Å². The van der Waals surface area contributed by atoms with Crippen molar-refractivity contribution in [2.45, 2.75) is 25.2 Å². The first-order valence-electron chi connectivity index (χ1n) is 12.7. The summed E-state index contributed by atoms with van der Waals surface area (Å²) in [7, 11) is 0. The van der Waals surface area contributed by atoms with Gasteiger partial charge in [0.15, 0.2) is 0 Å². The van der Waals surface area contributed by atoms with Crippen LogP contribution in [0.3, 0.4) is 0 Å². The molecule has 1 aromatic heterocycles. The summed E-state index contributed by atoms with van der Waals surface area (Å²) in [6.45, 7) is 0. The molecule has 0 N–H and O–H groups in total. The number of aromatic nitrogens is 1. The van der Waals surface area contributed by atoms with Gasteiger partial charge in [-0.3, -0.25) is 0 Å². The number of hydrogen-bond acceptors (Lipinski definition) is 0. The first kappa shape index (κ1) is 21.6. The molecule has 2 aliphatic rings. The van der Waals surface area contributed by atoms with Crippen LogP contribution >= 0.6 is 15.9 Å². The van der Waals surface area contributed by atoms with E-state index in [0.29, 0.717) is 5.92 Å². The topological polar surface area (TPSA) is 4.93 Å². The first-order valence-corrected chi connectivity index (χ1v) is 13.5. The van der Waals surface area contributed by atoms with Crippen LogP contribution in [0.5, 0.6) is 0 Å². The monoisotopic (exact) mass is 527 g/mol. The predicted molar refractivity (Wildman–Crippen MR) is 157 cm³/mol. The normalized spacial score (nSPS) is 16.9. The second kappa shape index (κ2) is 8.80. The van der Waals surface area contributed by atoms with Crippen LogP contribution in [0.15, 0.2) is 114 Å². The standard InChI is InChI=1S/C34H26BrN/c35-31-17-20-32(28-14-8-7-13-27(28)31)36-33-18-15-25(23-9-3-1-4-10-23)21-29(33)30-22-26(16-19-34(30)36)24-11-5-2-6-12-24/h1-5,7-11,13-20,22,25H,6,12,21H2. The zero-order chi connectivity index (χ0) is 24.1. The van der Waals surface area contributed by atoms with Crippen LogP contribution in [0.2, 0.25) is 0 Å². The van der Waals surface area contributed by atoms with E-state index >= 15 is 0 Å². The fourth-order valence-electron chi connectivity index (χ4n) is 5.93. The molecule has 0 bridgehead atoms. The first-order chi connectivity index (χ1) is 17.8. The average Bonchev–Trinajstić information content (AvgIpc) is 3.27. The van der Waals surface area contributed by atoms with E-state index in [1.54, 1.807) is 0 Å². The zero-order valence-electron chi connectivity index (χ0n) is 20.0. The van der Waals surface area contributed by atoms with E-state index < -0.39 is 0 Å². The van der Waals surface area contributed by atoms with Gasteiger partial charge in [0, 0.05) is 26.9 Å². The molecule has 0 spiro atoms. The maximum absolute atomic E-state index is 3.77. The fraction of sp³-hybridized carbons (Fsp3) is 0.118. The molecular weight excluding hydrogens is 502 g/mol. The Morgan fingerprint density at radius 2 is 1.64 bits per heavy atom. The molecule has 1 heterocycles. The summed E-state index contributed by atoms with van der Waals surface area (Å²) >= 11 is 3.77. The Balaban J connectivity index is 1.49. The molecule has 4 aromatic carbocycles. The molecule has 0 aliphatic heterocycles. The Morgan fingerprint density at radius 1 is 0.806 bits per heavy atom. The van der Waals surface area contributed by atoms with Gasteiger partial charge < -0.3 is 4.57 Å². The third-order valence-electron chi connectivity index (χ3n) is 7.72. The van der Waals surface area contributed by atoms with Crippen LogP contribution in [0.1, 0.15) is 41.1 Å². The lowest BCUT2D eigenvalue weighted by molar-refractivity contribution is 0.825. The van der Waals surface area contributed by atoms with Crippen LogP contribution in [-0.2, 0) is 6.42 Å². The van der Waals surface area contributed by atoms with Crippen molar-refractivity contribution in [2.75, 3.05) is 0 Å². The molecule has 7 rings (SSSR count). The molecule has 5 aromatic rings. The summed E-state index contributed by atoms with van der Waals surface area (Å²) in [5, 5.41) is 3.87. The summed E-state index contributed by atoms with van der Waals surface area (Å²) in [6, 6.07) is 31.1. The van der Waals surface area contributed by atoms with Crippen LogP contribution in [-0.4, -0.2) is 4.57 Å². The molecule has 1 atom stereocenters. The van der Waals surface area contributed by atoms with E-state index in [0.717, 1.165) is 23.7 Å². The lowest BCUT2D eigenvalue weighted by Gasteiger charge is -2.20. The number of hydrogen-bond donors (Lipinski definition) is 0. The second-order valence-corrected chi connectivity index (χ2v) is 10.6. The van der Waals surface area contributed by atoms with Crippen LogP contribution < -0.4 is 0 Å². The van der Waals surface area contributed by atoms with Gasteiger partial charge in [-0.15, -0.1) is 0 Å². The summed E-state index contributed by atoms with van der Waals surface area (Å²) < 4.78 is 3.61. The molecule has 0 saturated heterocycles. The lowest BCUT2D eigenvalue weighted by atomic mass is 9.86. The molecule has 2 aliphatic carbocycles.